The highest BCUT2D eigenvalue weighted by Crippen LogP contribution is 2.34. The van der Waals surface area contributed by atoms with E-state index in [1.54, 1.807) is 0 Å². The van der Waals surface area contributed by atoms with Gasteiger partial charge in [-0.2, -0.15) is 0 Å². The quantitative estimate of drug-likeness (QED) is 0.270. The standard InChI is InChI=1S/C30H25N3O2/c1-21(34)32-24-11-6-12-25(19-24)33-30-29-15-7-14-27(28(29)16-17-31-30)23-10-5-13-26(18-23)35-20-22-8-3-2-4-9-22/h2-19H,20H2,1H3,(H,31,33)(H,32,34). The Hall–Kier alpha value is -4.64. The molecule has 5 heteroatoms. The highest BCUT2D eigenvalue weighted by Gasteiger charge is 2.10. The van der Waals surface area contributed by atoms with Gasteiger partial charge in [-0.15, -0.1) is 0 Å². The van der Waals surface area contributed by atoms with Crippen LogP contribution in [0.15, 0.2) is 109 Å². The minimum Gasteiger partial charge on any atom is -0.489 e. The van der Waals surface area contributed by atoms with Crippen LogP contribution in [0.5, 0.6) is 5.75 Å². The molecule has 0 aliphatic rings. The minimum absolute atomic E-state index is 0.106. The zero-order valence-electron chi connectivity index (χ0n) is 19.4. The van der Waals surface area contributed by atoms with Gasteiger partial charge in [0.2, 0.25) is 5.91 Å². The Bertz CT molecular complexity index is 1480. The number of pyridine rings is 1. The summed E-state index contributed by atoms with van der Waals surface area (Å²) < 4.78 is 6.05. The van der Waals surface area contributed by atoms with Crippen LogP contribution in [0.1, 0.15) is 12.5 Å². The number of ether oxygens (including phenoxy) is 1. The molecule has 4 aromatic carbocycles. The molecule has 0 saturated carbocycles. The van der Waals surface area contributed by atoms with E-state index >= 15 is 0 Å². The number of carbonyl (C=O) groups excluding carboxylic acids is 1. The Morgan fingerprint density at radius 1 is 0.800 bits per heavy atom. The van der Waals surface area contributed by atoms with Gasteiger partial charge in [-0.3, -0.25) is 4.79 Å². The van der Waals surface area contributed by atoms with Gasteiger partial charge < -0.3 is 15.4 Å². The lowest BCUT2D eigenvalue weighted by atomic mass is 9.99. The summed E-state index contributed by atoms with van der Waals surface area (Å²) in [4.78, 5) is 16.0. The maximum Gasteiger partial charge on any atom is 0.221 e. The zero-order chi connectivity index (χ0) is 24.0. The number of hydrogen-bond acceptors (Lipinski definition) is 4. The van der Waals surface area contributed by atoms with Gasteiger partial charge in [0.05, 0.1) is 0 Å². The number of aromatic nitrogens is 1. The number of amides is 1. The molecule has 0 aliphatic carbocycles. The Labute approximate surface area is 204 Å². The first-order valence-electron chi connectivity index (χ1n) is 11.5. The zero-order valence-corrected chi connectivity index (χ0v) is 19.4. The molecule has 1 aromatic heterocycles. The number of anilines is 3. The van der Waals surface area contributed by atoms with Crippen LogP contribution in [0.25, 0.3) is 21.9 Å². The van der Waals surface area contributed by atoms with Crippen molar-refractivity contribution in [2.24, 2.45) is 0 Å². The van der Waals surface area contributed by atoms with Crippen LogP contribution in [0, 0.1) is 0 Å². The second-order valence-electron chi connectivity index (χ2n) is 8.25. The summed E-state index contributed by atoms with van der Waals surface area (Å²) in [5.41, 5.74) is 4.89. The molecule has 1 amide bonds. The number of nitrogens with zero attached hydrogens (tertiary/aromatic N) is 1. The van der Waals surface area contributed by atoms with Gasteiger partial charge >= 0.3 is 0 Å². The van der Waals surface area contributed by atoms with Crippen LogP contribution >= 0.6 is 0 Å². The van der Waals surface area contributed by atoms with E-state index in [0.29, 0.717) is 6.61 Å². The predicted molar refractivity (Wildman–Crippen MR) is 142 cm³/mol. The first-order valence-corrected chi connectivity index (χ1v) is 11.5. The number of fused-ring (bicyclic) bond motifs is 1. The Kier molecular flexibility index (Phi) is 6.39. The van der Waals surface area contributed by atoms with E-state index in [4.69, 9.17) is 4.74 Å². The Morgan fingerprint density at radius 3 is 2.46 bits per heavy atom. The molecule has 5 nitrogen and oxygen atoms in total. The van der Waals surface area contributed by atoms with Crippen molar-refractivity contribution in [1.29, 1.82) is 0 Å². The molecule has 0 aliphatic heterocycles. The molecule has 0 fully saturated rings. The molecule has 0 bridgehead atoms. The average Bonchev–Trinajstić information content (AvgIpc) is 2.88. The average molecular weight is 460 g/mol. The molecule has 0 saturated heterocycles. The van der Waals surface area contributed by atoms with Gasteiger partial charge in [0.15, 0.2) is 0 Å². The van der Waals surface area contributed by atoms with E-state index in [-0.39, 0.29) is 5.91 Å². The number of nitrogens with one attached hydrogen (secondary N) is 2. The molecule has 0 spiro atoms. The molecule has 0 radical (unpaired) electrons. The summed E-state index contributed by atoms with van der Waals surface area (Å²) in [6, 6.07) is 34.1. The SMILES string of the molecule is CC(=O)Nc1cccc(Nc2nccc3c(-c4cccc(OCc5ccccc5)c4)cccc23)c1. The Morgan fingerprint density at radius 2 is 1.60 bits per heavy atom. The lowest BCUT2D eigenvalue weighted by molar-refractivity contribution is -0.114. The Balaban J connectivity index is 1.44. The van der Waals surface area contributed by atoms with Crippen molar-refractivity contribution in [1.82, 2.24) is 4.98 Å². The number of carbonyl (C=O) groups is 1. The maximum absolute atomic E-state index is 11.4. The summed E-state index contributed by atoms with van der Waals surface area (Å²) >= 11 is 0. The molecule has 1 heterocycles. The van der Waals surface area contributed by atoms with Crippen molar-refractivity contribution in [3.8, 4) is 16.9 Å². The number of hydrogen-bond donors (Lipinski definition) is 2. The first-order chi connectivity index (χ1) is 17.2. The third kappa shape index (κ3) is 5.31. The largest absolute Gasteiger partial charge is 0.489 e. The lowest BCUT2D eigenvalue weighted by Crippen LogP contribution is -2.05. The summed E-state index contributed by atoms with van der Waals surface area (Å²) in [6.07, 6.45) is 1.81. The van der Waals surface area contributed by atoms with Gasteiger partial charge in [0.25, 0.3) is 0 Å². The molecule has 172 valence electrons. The predicted octanol–water partition coefficient (Wildman–Crippen LogP) is 7.18. The van der Waals surface area contributed by atoms with Gasteiger partial charge in [-0.1, -0.05) is 66.7 Å². The lowest BCUT2D eigenvalue weighted by Gasteiger charge is -2.13. The maximum atomic E-state index is 11.4. The second-order valence-corrected chi connectivity index (χ2v) is 8.25. The van der Waals surface area contributed by atoms with E-state index in [0.717, 1.165) is 50.4 Å². The van der Waals surface area contributed by atoms with E-state index in [9.17, 15) is 4.79 Å². The molecule has 35 heavy (non-hydrogen) atoms. The fourth-order valence-corrected chi connectivity index (χ4v) is 4.07. The molecular weight excluding hydrogens is 434 g/mol. The van der Waals surface area contributed by atoms with Crippen LogP contribution in [0.4, 0.5) is 17.2 Å². The van der Waals surface area contributed by atoms with Crippen molar-refractivity contribution >= 4 is 33.9 Å². The molecular formula is C30H25N3O2. The van der Waals surface area contributed by atoms with Crippen molar-refractivity contribution < 1.29 is 9.53 Å². The van der Waals surface area contributed by atoms with Gasteiger partial charge in [-0.25, -0.2) is 4.98 Å². The van der Waals surface area contributed by atoms with Crippen molar-refractivity contribution in [2.45, 2.75) is 13.5 Å². The second kappa shape index (κ2) is 10.1. The molecule has 0 unspecified atom stereocenters. The third-order valence-corrected chi connectivity index (χ3v) is 5.65. The third-order valence-electron chi connectivity index (χ3n) is 5.65. The van der Waals surface area contributed by atoms with E-state index in [1.165, 1.54) is 6.92 Å². The molecule has 5 aromatic rings. The van der Waals surface area contributed by atoms with Crippen LogP contribution in [0.2, 0.25) is 0 Å². The molecule has 2 N–H and O–H groups in total. The van der Waals surface area contributed by atoms with Gasteiger partial charge in [0.1, 0.15) is 18.2 Å². The molecule has 5 rings (SSSR count). The van der Waals surface area contributed by atoms with Crippen molar-refractivity contribution in [3.05, 3.63) is 115 Å². The summed E-state index contributed by atoms with van der Waals surface area (Å²) in [5.74, 6) is 1.47. The van der Waals surface area contributed by atoms with Crippen molar-refractivity contribution in [2.75, 3.05) is 10.6 Å². The monoisotopic (exact) mass is 459 g/mol. The summed E-state index contributed by atoms with van der Waals surface area (Å²) in [7, 11) is 0. The fraction of sp³-hybridized carbons (Fsp3) is 0.0667. The van der Waals surface area contributed by atoms with Crippen LogP contribution in [-0.2, 0) is 11.4 Å². The fourth-order valence-electron chi connectivity index (χ4n) is 4.07. The highest BCUT2D eigenvalue weighted by atomic mass is 16.5. The first kappa shape index (κ1) is 22.2. The van der Waals surface area contributed by atoms with E-state index in [1.807, 2.05) is 72.9 Å². The van der Waals surface area contributed by atoms with Gasteiger partial charge in [-0.05, 0) is 58.5 Å². The number of benzene rings is 4. The topological polar surface area (TPSA) is 63.2 Å². The van der Waals surface area contributed by atoms with Crippen LogP contribution in [0.3, 0.4) is 0 Å². The normalized spacial score (nSPS) is 10.7. The number of rotatable bonds is 7. The molecule has 0 atom stereocenters. The highest BCUT2D eigenvalue weighted by molar-refractivity contribution is 6.02. The van der Waals surface area contributed by atoms with Crippen LogP contribution in [-0.4, -0.2) is 10.9 Å². The van der Waals surface area contributed by atoms with Crippen LogP contribution < -0.4 is 15.4 Å². The summed E-state index contributed by atoms with van der Waals surface area (Å²) in [6.45, 7) is 2.02. The summed E-state index contributed by atoms with van der Waals surface area (Å²) in [5, 5.41) is 8.31. The van der Waals surface area contributed by atoms with E-state index in [2.05, 4.69) is 52.0 Å². The minimum atomic E-state index is -0.106. The van der Waals surface area contributed by atoms with Crippen molar-refractivity contribution in [3.63, 3.8) is 0 Å². The van der Waals surface area contributed by atoms with E-state index < -0.39 is 0 Å². The smallest absolute Gasteiger partial charge is 0.221 e. The van der Waals surface area contributed by atoms with Gasteiger partial charge in [0, 0.05) is 29.9 Å².